The fraction of sp³-hybridized carbons (Fsp3) is 0.250. The third-order valence-electron chi connectivity index (χ3n) is 4.49. The van der Waals surface area contributed by atoms with Gasteiger partial charge in [-0.2, -0.15) is 8.42 Å². The van der Waals surface area contributed by atoms with Crippen LogP contribution >= 0.6 is 0 Å². The number of phenols is 1. The summed E-state index contributed by atoms with van der Waals surface area (Å²) < 4.78 is 40.8. The molecule has 2 aromatic carbocycles. The number of benzene rings is 2. The van der Waals surface area contributed by atoms with E-state index in [0.717, 1.165) is 22.6 Å². The monoisotopic (exact) mass is 433 g/mol. The van der Waals surface area contributed by atoms with Crippen LogP contribution in [0.3, 0.4) is 0 Å². The molecule has 0 amide bonds. The van der Waals surface area contributed by atoms with Crippen LogP contribution in [0.25, 0.3) is 22.6 Å². The summed E-state index contributed by atoms with van der Waals surface area (Å²) in [5.74, 6) is 0.704. The van der Waals surface area contributed by atoms with Crippen LogP contribution in [0.5, 0.6) is 17.2 Å². The molecule has 0 aliphatic carbocycles. The van der Waals surface area contributed by atoms with Crippen molar-refractivity contribution in [2.75, 3.05) is 31.8 Å². The van der Waals surface area contributed by atoms with Crippen LogP contribution in [0, 0.1) is 6.92 Å². The summed E-state index contributed by atoms with van der Waals surface area (Å²) in [5, 5.41) is 13.0. The van der Waals surface area contributed by atoms with Crippen molar-refractivity contribution in [1.82, 2.24) is 9.97 Å². The minimum Gasteiger partial charge on any atom is -0.502 e. The topological polar surface area (TPSA) is 134 Å². The first-order valence-electron chi connectivity index (χ1n) is 9.03. The van der Waals surface area contributed by atoms with Crippen molar-refractivity contribution in [2.45, 2.75) is 6.92 Å². The van der Waals surface area contributed by atoms with Gasteiger partial charge in [0.15, 0.2) is 11.5 Å². The number of methoxy groups -OCH3 is 2. The SMILES string of the molecule is COc1cc(-c2nc(-c3ccc(NCCS(=O)(=O)O)cc3)c(C)[nH]2)cc(OC)c1O. The van der Waals surface area contributed by atoms with Crippen molar-refractivity contribution >= 4 is 15.8 Å². The highest BCUT2D eigenvalue weighted by Gasteiger charge is 2.16. The van der Waals surface area contributed by atoms with E-state index in [2.05, 4.69) is 15.3 Å². The lowest BCUT2D eigenvalue weighted by Crippen LogP contribution is -2.14. The van der Waals surface area contributed by atoms with E-state index in [4.69, 9.17) is 14.0 Å². The summed E-state index contributed by atoms with van der Waals surface area (Å²) in [4.78, 5) is 7.91. The molecule has 1 heterocycles. The first-order chi connectivity index (χ1) is 14.2. The average Bonchev–Trinajstić information content (AvgIpc) is 3.09. The van der Waals surface area contributed by atoms with Gasteiger partial charge in [-0.05, 0) is 31.2 Å². The Kier molecular flexibility index (Phi) is 6.18. The van der Waals surface area contributed by atoms with Crippen LogP contribution in [-0.4, -0.2) is 54.6 Å². The van der Waals surface area contributed by atoms with E-state index in [9.17, 15) is 13.5 Å². The fourth-order valence-electron chi connectivity index (χ4n) is 2.98. The van der Waals surface area contributed by atoms with Crippen LogP contribution in [0.4, 0.5) is 5.69 Å². The van der Waals surface area contributed by atoms with Crippen molar-refractivity contribution in [3.05, 3.63) is 42.1 Å². The van der Waals surface area contributed by atoms with Crippen LogP contribution < -0.4 is 14.8 Å². The van der Waals surface area contributed by atoms with Gasteiger partial charge in [0.2, 0.25) is 5.75 Å². The first-order valence-corrected chi connectivity index (χ1v) is 10.6. The van der Waals surface area contributed by atoms with Crippen molar-refractivity contribution in [1.29, 1.82) is 0 Å². The van der Waals surface area contributed by atoms with Gasteiger partial charge in [0.05, 0.1) is 25.7 Å². The number of aromatic hydroxyl groups is 1. The molecule has 10 heteroatoms. The lowest BCUT2D eigenvalue weighted by molar-refractivity contribution is 0.340. The number of aryl methyl sites for hydroxylation is 1. The molecule has 9 nitrogen and oxygen atoms in total. The van der Waals surface area contributed by atoms with Crippen molar-refractivity contribution in [3.8, 4) is 39.9 Å². The molecule has 3 rings (SSSR count). The molecule has 0 atom stereocenters. The summed E-state index contributed by atoms with van der Waals surface area (Å²) in [6, 6.07) is 10.7. The number of hydrogen-bond acceptors (Lipinski definition) is 7. The van der Waals surface area contributed by atoms with Crippen molar-refractivity contribution < 1.29 is 27.6 Å². The highest BCUT2D eigenvalue weighted by molar-refractivity contribution is 7.85. The van der Waals surface area contributed by atoms with E-state index in [0.29, 0.717) is 11.4 Å². The van der Waals surface area contributed by atoms with Crippen LogP contribution in [0.1, 0.15) is 5.69 Å². The number of nitrogens with zero attached hydrogens (tertiary/aromatic N) is 1. The van der Waals surface area contributed by atoms with Gasteiger partial charge in [-0.15, -0.1) is 0 Å². The molecular formula is C20H23N3O6S. The average molecular weight is 433 g/mol. The second-order valence-electron chi connectivity index (χ2n) is 6.58. The lowest BCUT2D eigenvalue weighted by atomic mass is 10.1. The number of H-pyrrole nitrogens is 1. The molecule has 0 saturated carbocycles. The van der Waals surface area contributed by atoms with E-state index < -0.39 is 10.1 Å². The van der Waals surface area contributed by atoms with Crippen LogP contribution in [0.2, 0.25) is 0 Å². The smallest absolute Gasteiger partial charge is 0.266 e. The molecule has 0 unspecified atom stereocenters. The predicted molar refractivity (Wildman–Crippen MR) is 114 cm³/mol. The second kappa shape index (κ2) is 8.64. The maximum Gasteiger partial charge on any atom is 0.266 e. The number of aromatic nitrogens is 2. The summed E-state index contributed by atoms with van der Waals surface area (Å²) in [6.45, 7) is 2.01. The standard InChI is InChI=1S/C20H23N3O6S/c1-12-18(13-4-6-15(7-5-13)21-8-9-30(25,26)27)23-20(22-12)14-10-16(28-2)19(24)17(11-14)29-3/h4-7,10-11,21,24H,8-9H2,1-3H3,(H,22,23)(H,25,26,27). The van der Waals surface area contributed by atoms with Gasteiger partial charge in [-0.1, -0.05) is 12.1 Å². The Morgan fingerprint density at radius 2 is 1.67 bits per heavy atom. The molecule has 0 saturated heterocycles. The summed E-state index contributed by atoms with van der Waals surface area (Å²) >= 11 is 0. The van der Waals surface area contributed by atoms with Gasteiger partial charge in [0, 0.05) is 29.1 Å². The number of imidazole rings is 1. The molecule has 30 heavy (non-hydrogen) atoms. The van der Waals surface area contributed by atoms with Gasteiger partial charge in [-0.3, -0.25) is 4.55 Å². The van der Waals surface area contributed by atoms with Gasteiger partial charge in [0.1, 0.15) is 5.82 Å². The normalized spacial score (nSPS) is 11.3. The Bertz CT molecular complexity index is 1110. The second-order valence-corrected chi connectivity index (χ2v) is 8.15. The van der Waals surface area contributed by atoms with E-state index in [1.54, 1.807) is 24.3 Å². The summed E-state index contributed by atoms with van der Waals surface area (Å²) in [7, 11) is -1.08. The fourth-order valence-corrected chi connectivity index (χ4v) is 3.34. The molecule has 0 spiro atoms. The summed E-state index contributed by atoms with van der Waals surface area (Å²) in [5.41, 5.74) is 3.89. The largest absolute Gasteiger partial charge is 0.502 e. The molecule has 0 aliphatic rings. The number of ether oxygens (including phenoxy) is 2. The Balaban J connectivity index is 1.85. The van der Waals surface area contributed by atoms with Crippen molar-refractivity contribution in [3.63, 3.8) is 0 Å². The highest BCUT2D eigenvalue weighted by atomic mass is 32.2. The number of phenolic OH excluding ortho intramolecular Hbond substituents is 1. The van der Waals surface area contributed by atoms with Gasteiger partial charge in [0.25, 0.3) is 10.1 Å². The zero-order valence-corrected chi connectivity index (χ0v) is 17.6. The van der Waals surface area contributed by atoms with E-state index in [-0.39, 0.29) is 29.5 Å². The zero-order chi connectivity index (χ0) is 21.9. The zero-order valence-electron chi connectivity index (χ0n) is 16.8. The maximum absolute atomic E-state index is 10.8. The van der Waals surface area contributed by atoms with Crippen molar-refractivity contribution in [2.24, 2.45) is 0 Å². The minimum absolute atomic E-state index is 0.0793. The lowest BCUT2D eigenvalue weighted by Gasteiger charge is -2.10. The van der Waals surface area contributed by atoms with Gasteiger partial charge < -0.3 is 24.9 Å². The van der Waals surface area contributed by atoms with Crippen LogP contribution in [-0.2, 0) is 10.1 Å². The van der Waals surface area contributed by atoms with Crippen LogP contribution in [0.15, 0.2) is 36.4 Å². The Morgan fingerprint density at radius 3 is 2.20 bits per heavy atom. The number of anilines is 1. The molecule has 1 aromatic heterocycles. The van der Waals surface area contributed by atoms with E-state index in [1.807, 2.05) is 19.1 Å². The molecule has 0 bridgehead atoms. The van der Waals surface area contributed by atoms with Gasteiger partial charge in [-0.25, -0.2) is 4.98 Å². The molecular weight excluding hydrogens is 410 g/mol. The first kappa shape index (κ1) is 21.5. The van der Waals surface area contributed by atoms with E-state index >= 15 is 0 Å². The molecule has 0 fully saturated rings. The predicted octanol–water partition coefficient (Wildman–Crippen LogP) is 3.07. The van der Waals surface area contributed by atoms with E-state index in [1.165, 1.54) is 14.2 Å². The minimum atomic E-state index is -4.00. The maximum atomic E-state index is 10.8. The molecule has 0 radical (unpaired) electrons. The molecule has 160 valence electrons. The third kappa shape index (κ3) is 4.84. The molecule has 0 aliphatic heterocycles. The highest BCUT2D eigenvalue weighted by Crippen LogP contribution is 2.40. The third-order valence-corrected chi connectivity index (χ3v) is 5.21. The molecule has 3 aromatic rings. The number of aromatic amines is 1. The number of nitrogens with one attached hydrogen (secondary N) is 2. The Morgan fingerprint density at radius 1 is 1.07 bits per heavy atom. The van der Waals surface area contributed by atoms with Gasteiger partial charge >= 0.3 is 0 Å². The quantitative estimate of drug-likeness (QED) is 0.398. The Labute approximate surface area is 174 Å². The number of hydrogen-bond donors (Lipinski definition) is 4. The number of rotatable bonds is 8. The molecule has 4 N–H and O–H groups in total. The Hall–Kier alpha value is -3.24. The summed E-state index contributed by atoms with van der Waals surface area (Å²) in [6.07, 6.45) is 0.